The van der Waals surface area contributed by atoms with Crippen molar-refractivity contribution in [2.75, 3.05) is 20.1 Å². The molecule has 0 fully saturated rings. The van der Waals surface area contributed by atoms with Crippen LogP contribution in [0.1, 0.15) is 23.6 Å². The Labute approximate surface area is 185 Å². The summed E-state index contributed by atoms with van der Waals surface area (Å²) in [6.45, 7) is 5.42. The van der Waals surface area contributed by atoms with Crippen molar-refractivity contribution >= 4 is 40.0 Å². The van der Waals surface area contributed by atoms with Crippen molar-refractivity contribution in [1.29, 1.82) is 0 Å². The second-order valence-electron chi connectivity index (χ2n) is 6.19. The van der Waals surface area contributed by atoms with E-state index in [1.54, 1.807) is 31.3 Å². The Morgan fingerprint density at radius 2 is 1.61 bits per heavy atom. The third kappa shape index (κ3) is 7.40. The summed E-state index contributed by atoms with van der Waals surface area (Å²) in [6, 6.07) is 15.1. The molecule has 0 heterocycles. The fraction of sp³-hybridized carbons (Fsp3) is 0.350. The number of sulfonamides is 1. The maximum absolute atomic E-state index is 12.3. The van der Waals surface area contributed by atoms with Crippen molar-refractivity contribution < 1.29 is 8.42 Å². The fourth-order valence-electron chi connectivity index (χ4n) is 2.64. The predicted molar refractivity (Wildman–Crippen MR) is 126 cm³/mol. The van der Waals surface area contributed by atoms with E-state index < -0.39 is 10.0 Å². The normalized spacial score (nSPS) is 11.6. The molecule has 28 heavy (non-hydrogen) atoms. The highest BCUT2D eigenvalue weighted by Crippen LogP contribution is 2.10. The minimum Gasteiger partial charge on any atom is -0.355 e. The van der Waals surface area contributed by atoms with Gasteiger partial charge in [-0.25, -0.2) is 13.1 Å². The summed E-state index contributed by atoms with van der Waals surface area (Å²) >= 11 is 0. The van der Waals surface area contributed by atoms with Gasteiger partial charge in [-0.05, 0) is 36.6 Å². The summed E-state index contributed by atoms with van der Waals surface area (Å²) in [5.74, 6) is 0.635. The van der Waals surface area contributed by atoms with Gasteiger partial charge in [0.2, 0.25) is 10.0 Å². The van der Waals surface area contributed by atoms with E-state index in [1.165, 1.54) is 11.1 Å². The number of nitrogens with zero attached hydrogens (tertiary/aromatic N) is 1. The molecule has 0 amide bonds. The van der Waals surface area contributed by atoms with Gasteiger partial charge in [-0.15, -0.1) is 24.0 Å². The Morgan fingerprint density at radius 1 is 0.964 bits per heavy atom. The molecule has 0 atom stereocenters. The fourth-order valence-corrected chi connectivity index (χ4v) is 3.67. The molecule has 0 radical (unpaired) electrons. The number of rotatable bonds is 8. The lowest BCUT2D eigenvalue weighted by Gasteiger charge is -2.14. The molecule has 0 saturated carbocycles. The Morgan fingerprint density at radius 3 is 2.21 bits per heavy atom. The number of guanidine groups is 1. The third-order valence-electron chi connectivity index (χ3n) is 4.21. The molecular formula is C20H29IN4O2S. The number of benzene rings is 2. The van der Waals surface area contributed by atoms with Crippen LogP contribution < -0.4 is 15.4 Å². The summed E-state index contributed by atoms with van der Waals surface area (Å²) in [7, 11) is -1.80. The Balaban J connectivity index is 0.00000392. The first kappa shape index (κ1) is 24.4. The quantitative estimate of drug-likeness (QED) is 0.218. The van der Waals surface area contributed by atoms with Crippen molar-refractivity contribution in [3.05, 3.63) is 65.2 Å². The molecule has 0 aliphatic rings. The summed E-state index contributed by atoms with van der Waals surface area (Å²) in [6.07, 6.45) is 0.977. The highest BCUT2D eigenvalue weighted by molar-refractivity contribution is 14.0. The van der Waals surface area contributed by atoms with E-state index >= 15 is 0 Å². The molecule has 8 heteroatoms. The minimum atomic E-state index is -3.50. The molecule has 2 rings (SSSR count). The topological polar surface area (TPSA) is 82.6 Å². The van der Waals surface area contributed by atoms with Crippen molar-refractivity contribution in [1.82, 2.24) is 15.4 Å². The van der Waals surface area contributed by atoms with Crippen LogP contribution in [0.15, 0.2) is 58.4 Å². The lowest BCUT2D eigenvalue weighted by atomic mass is 10.1. The van der Waals surface area contributed by atoms with Gasteiger partial charge in [0.15, 0.2) is 5.96 Å². The van der Waals surface area contributed by atoms with Gasteiger partial charge in [-0.3, -0.25) is 4.99 Å². The van der Waals surface area contributed by atoms with Gasteiger partial charge in [-0.2, -0.15) is 0 Å². The molecule has 3 N–H and O–H groups in total. The Bertz CT molecular complexity index is 868. The Kier molecular flexibility index (Phi) is 10.5. The van der Waals surface area contributed by atoms with Gasteiger partial charge in [0.25, 0.3) is 0 Å². The molecular weight excluding hydrogens is 487 g/mol. The van der Waals surface area contributed by atoms with E-state index in [1.807, 2.05) is 19.1 Å². The zero-order valence-electron chi connectivity index (χ0n) is 16.5. The summed E-state index contributed by atoms with van der Waals surface area (Å²) < 4.78 is 27.1. The average molecular weight is 516 g/mol. The summed E-state index contributed by atoms with van der Waals surface area (Å²) in [4.78, 5) is 4.45. The summed E-state index contributed by atoms with van der Waals surface area (Å²) in [5.41, 5.74) is 3.55. The maximum Gasteiger partial charge on any atom is 0.240 e. The first-order valence-corrected chi connectivity index (χ1v) is 10.5. The highest BCUT2D eigenvalue weighted by Gasteiger charge is 2.12. The van der Waals surface area contributed by atoms with Crippen LogP contribution in [-0.4, -0.2) is 34.5 Å². The molecule has 0 aliphatic heterocycles. The SMILES string of the molecule is CCc1ccccc1CNC(=NC)NCCNS(=O)(=O)c1ccc(C)cc1.I. The third-order valence-corrected chi connectivity index (χ3v) is 5.69. The van der Waals surface area contributed by atoms with Gasteiger partial charge in [0, 0.05) is 26.7 Å². The van der Waals surface area contributed by atoms with E-state index in [2.05, 4.69) is 39.4 Å². The lowest BCUT2D eigenvalue weighted by Crippen LogP contribution is -2.41. The molecule has 0 spiro atoms. The summed E-state index contributed by atoms with van der Waals surface area (Å²) in [5, 5.41) is 6.38. The zero-order valence-corrected chi connectivity index (χ0v) is 19.7. The molecule has 2 aromatic carbocycles. The van der Waals surface area contributed by atoms with Gasteiger partial charge in [-0.1, -0.05) is 48.9 Å². The maximum atomic E-state index is 12.3. The first-order valence-electron chi connectivity index (χ1n) is 9.04. The zero-order chi connectivity index (χ0) is 19.7. The monoisotopic (exact) mass is 516 g/mol. The van der Waals surface area contributed by atoms with Gasteiger partial charge in [0.05, 0.1) is 4.90 Å². The van der Waals surface area contributed by atoms with E-state index in [0.717, 1.165) is 12.0 Å². The van der Waals surface area contributed by atoms with Crippen LogP contribution >= 0.6 is 24.0 Å². The van der Waals surface area contributed by atoms with Gasteiger partial charge >= 0.3 is 0 Å². The number of hydrogen-bond donors (Lipinski definition) is 3. The second kappa shape index (κ2) is 12.0. The molecule has 6 nitrogen and oxygen atoms in total. The van der Waals surface area contributed by atoms with Crippen molar-refractivity contribution in [3.8, 4) is 0 Å². The van der Waals surface area contributed by atoms with Gasteiger partial charge in [0.1, 0.15) is 0 Å². The molecule has 0 unspecified atom stereocenters. The van der Waals surface area contributed by atoms with Crippen molar-refractivity contribution in [2.24, 2.45) is 4.99 Å². The van der Waals surface area contributed by atoms with Crippen LogP contribution in [0.2, 0.25) is 0 Å². The highest BCUT2D eigenvalue weighted by atomic mass is 127. The van der Waals surface area contributed by atoms with Crippen LogP contribution in [0.3, 0.4) is 0 Å². The van der Waals surface area contributed by atoms with Crippen molar-refractivity contribution in [2.45, 2.75) is 31.7 Å². The van der Waals surface area contributed by atoms with Crippen molar-refractivity contribution in [3.63, 3.8) is 0 Å². The molecule has 0 bridgehead atoms. The molecule has 0 aromatic heterocycles. The van der Waals surface area contributed by atoms with Crippen LogP contribution in [0.5, 0.6) is 0 Å². The number of halogens is 1. The van der Waals surface area contributed by atoms with E-state index in [9.17, 15) is 8.42 Å². The standard InChI is InChI=1S/C20H28N4O2S.HI/c1-4-17-7-5-6-8-18(17)15-23-20(21-3)22-13-14-24-27(25,26)19-11-9-16(2)10-12-19;/h5-12,24H,4,13-15H2,1-3H3,(H2,21,22,23);1H. The number of aryl methyl sites for hydroxylation is 2. The average Bonchev–Trinajstić information content (AvgIpc) is 2.68. The van der Waals surface area contributed by atoms with E-state index in [-0.39, 0.29) is 35.4 Å². The lowest BCUT2D eigenvalue weighted by molar-refractivity contribution is 0.580. The van der Waals surface area contributed by atoms with Crippen LogP contribution in [0, 0.1) is 6.92 Å². The predicted octanol–water partition coefficient (Wildman–Crippen LogP) is 2.82. The molecule has 2 aromatic rings. The minimum absolute atomic E-state index is 0. The van der Waals surface area contributed by atoms with Crippen LogP contribution in [0.4, 0.5) is 0 Å². The second-order valence-corrected chi connectivity index (χ2v) is 7.95. The first-order chi connectivity index (χ1) is 13.0. The van der Waals surface area contributed by atoms with E-state index in [4.69, 9.17) is 0 Å². The Hall–Kier alpha value is -1.65. The smallest absolute Gasteiger partial charge is 0.240 e. The number of aliphatic imine (C=N–C) groups is 1. The molecule has 154 valence electrons. The van der Waals surface area contributed by atoms with Gasteiger partial charge < -0.3 is 10.6 Å². The van der Waals surface area contributed by atoms with Crippen LogP contribution in [0.25, 0.3) is 0 Å². The number of hydrogen-bond acceptors (Lipinski definition) is 3. The van der Waals surface area contributed by atoms with E-state index in [0.29, 0.717) is 19.0 Å². The van der Waals surface area contributed by atoms with Crippen LogP contribution in [-0.2, 0) is 23.0 Å². The largest absolute Gasteiger partial charge is 0.355 e. The molecule has 0 aliphatic carbocycles. The molecule has 0 saturated heterocycles. The number of nitrogens with one attached hydrogen (secondary N) is 3.